The fraction of sp³-hybridized carbons (Fsp3) is 0.235. The minimum absolute atomic E-state index is 0.610. The van der Waals surface area contributed by atoms with Crippen LogP contribution >= 0.6 is 12.2 Å². The van der Waals surface area contributed by atoms with E-state index < -0.39 is 0 Å². The van der Waals surface area contributed by atoms with Crippen molar-refractivity contribution in [3.63, 3.8) is 0 Å². The van der Waals surface area contributed by atoms with Gasteiger partial charge >= 0.3 is 0 Å². The number of benzene rings is 2. The van der Waals surface area contributed by atoms with Crippen LogP contribution in [0, 0.1) is 0 Å². The van der Waals surface area contributed by atoms with Gasteiger partial charge in [0.25, 0.3) is 0 Å². The Balaban J connectivity index is 1.84. The van der Waals surface area contributed by atoms with Crippen LogP contribution in [0.5, 0.6) is 11.5 Å². The van der Waals surface area contributed by atoms with E-state index in [0.717, 1.165) is 35.7 Å². The molecule has 2 aromatic rings. The maximum Gasteiger partial charge on any atom is 0.170 e. The third-order valence-electron chi connectivity index (χ3n) is 3.21. The highest BCUT2D eigenvalue weighted by Crippen LogP contribution is 2.24. The zero-order valence-electron chi connectivity index (χ0n) is 12.8. The molecule has 5 heteroatoms. The zero-order valence-corrected chi connectivity index (χ0v) is 13.6. The highest BCUT2D eigenvalue weighted by Gasteiger charge is 2.05. The molecule has 4 nitrogen and oxygen atoms in total. The first-order valence-electron chi connectivity index (χ1n) is 7.03. The molecule has 0 saturated heterocycles. The van der Waals surface area contributed by atoms with Crippen LogP contribution < -0.4 is 20.1 Å². The predicted octanol–water partition coefficient (Wildman–Crippen LogP) is 3.23. The molecule has 116 valence electrons. The van der Waals surface area contributed by atoms with Crippen LogP contribution in [0.1, 0.15) is 5.56 Å². The van der Waals surface area contributed by atoms with E-state index in [2.05, 4.69) is 10.6 Å². The second-order valence-corrected chi connectivity index (χ2v) is 5.08. The molecule has 0 aliphatic carbocycles. The smallest absolute Gasteiger partial charge is 0.170 e. The molecule has 0 spiro atoms. The summed E-state index contributed by atoms with van der Waals surface area (Å²) in [6.45, 7) is 0.724. The van der Waals surface area contributed by atoms with Crippen LogP contribution in [0.25, 0.3) is 0 Å². The molecule has 0 unspecified atom stereocenters. The van der Waals surface area contributed by atoms with Crippen LogP contribution in [0.2, 0.25) is 0 Å². The molecule has 0 aromatic heterocycles. The fourth-order valence-electron chi connectivity index (χ4n) is 2.07. The summed E-state index contributed by atoms with van der Waals surface area (Å²) in [4.78, 5) is 0. The van der Waals surface area contributed by atoms with Crippen molar-refractivity contribution in [1.29, 1.82) is 0 Å². The van der Waals surface area contributed by atoms with Gasteiger partial charge in [0, 0.05) is 18.3 Å². The average molecular weight is 316 g/mol. The van der Waals surface area contributed by atoms with Gasteiger partial charge in [-0.3, -0.25) is 0 Å². The highest BCUT2D eigenvalue weighted by atomic mass is 32.1. The Hall–Kier alpha value is -2.27. The fourth-order valence-corrected chi connectivity index (χ4v) is 2.29. The summed E-state index contributed by atoms with van der Waals surface area (Å²) >= 11 is 5.28. The molecule has 0 fully saturated rings. The Morgan fingerprint density at radius 2 is 1.82 bits per heavy atom. The molecule has 0 bridgehead atoms. The molecule has 0 saturated carbocycles. The lowest BCUT2D eigenvalue weighted by Gasteiger charge is -2.13. The van der Waals surface area contributed by atoms with Gasteiger partial charge in [-0.2, -0.15) is 0 Å². The molecule has 0 atom stereocenters. The van der Waals surface area contributed by atoms with Crippen molar-refractivity contribution >= 4 is 23.0 Å². The summed E-state index contributed by atoms with van der Waals surface area (Å²) < 4.78 is 10.6. The van der Waals surface area contributed by atoms with Crippen molar-refractivity contribution in [2.24, 2.45) is 0 Å². The van der Waals surface area contributed by atoms with Crippen molar-refractivity contribution in [3.05, 3.63) is 54.1 Å². The number of hydrogen-bond acceptors (Lipinski definition) is 3. The molecule has 0 radical (unpaired) electrons. The normalized spacial score (nSPS) is 9.91. The van der Waals surface area contributed by atoms with E-state index in [9.17, 15) is 0 Å². The number of para-hydroxylation sites is 1. The van der Waals surface area contributed by atoms with Gasteiger partial charge in [0.1, 0.15) is 11.5 Å². The molecule has 0 aliphatic heterocycles. The average Bonchev–Trinajstić information content (AvgIpc) is 2.56. The van der Waals surface area contributed by atoms with Crippen molar-refractivity contribution in [2.75, 3.05) is 26.1 Å². The molecular formula is C17H20N2O2S. The van der Waals surface area contributed by atoms with Crippen LogP contribution in [0.4, 0.5) is 5.69 Å². The van der Waals surface area contributed by atoms with Gasteiger partial charge in [-0.1, -0.05) is 24.3 Å². The lowest BCUT2D eigenvalue weighted by atomic mass is 10.1. The summed E-state index contributed by atoms with van der Waals surface area (Å²) in [6.07, 6.45) is 0.809. The van der Waals surface area contributed by atoms with E-state index in [1.807, 2.05) is 48.5 Å². The molecular weight excluding hydrogens is 296 g/mol. The van der Waals surface area contributed by atoms with Gasteiger partial charge in [-0.25, -0.2) is 0 Å². The lowest BCUT2D eigenvalue weighted by molar-refractivity contribution is 0.391. The Kier molecular flexibility index (Phi) is 6.03. The maximum atomic E-state index is 5.38. The molecule has 0 heterocycles. The third kappa shape index (κ3) is 4.63. The van der Waals surface area contributed by atoms with Gasteiger partial charge in [0.15, 0.2) is 5.11 Å². The number of nitrogens with one attached hydrogen (secondary N) is 2. The summed E-state index contributed by atoms with van der Waals surface area (Å²) in [5, 5.41) is 6.95. The Morgan fingerprint density at radius 3 is 2.50 bits per heavy atom. The third-order valence-corrected chi connectivity index (χ3v) is 3.45. The van der Waals surface area contributed by atoms with Crippen molar-refractivity contribution in [2.45, 2.75) is 6.42 Å². The summed E-state index contributed by atoms with van der Waals surface area (Å²) in [5.74, 6) is 1.61. The van der Waals surface area contributed by atoms with Crippen LogP contribution in [0.3, 0.4) is 0 Å². The van der Waals surface area contributed by atoms with E-state index in [1.54, 1.807) is 14.2 Å². The number of methoxy groups -OCH3 is 2. The number of thiocarbonyl (C=S) groups is 1. The molecule has 22 heavy (non-hydrogen) atoms. The topological polar surface area (TPSA) is 42.5 Å². The SMILES string of the molecule is COc1ccc(CCNC(=S)Nc2ccccc2)c(OC)c1. The standard InChI is InChI=1S/C17H20N2O2S/c1-20-15-9-8-13(16(12-15)21-2)10-11-18-17(22)19-14-6-4-3-5-7-14/h3-9,12H,10-11H2,1-2H3,(H2,18,19,22). The second kappa shape index (κ2) is 8.24. The number of rotatable bonds is 6. The monoisotopic (exact) mass is 316 g/mol. The van der Waals surface area contributed by atoms with Gasteiger partial charge in [-0.15, -0.1) is 0 Å². The second-order valence-electron chi connectivity index (χ2n) is 4.67. The van der Waals surface area contributed by atoms with Crippen LogP contribution in [-0.4, -0.2) is 25.9 Å². The minimum atomic E-state index is 0.610. The first-order chi connectivity index (χ1) is 10.7. The molecule has 2 rings (SSSR count). The molecule has 2 aromatic carbocycles. The van der Waals surface area contributed by atoms with Gasteiger partial charge in [-0.05, 0) is 42.4 Å². The Labute approximate surface area is 136 Å². The van der Waals surface area contributed by atoms with E-state index in [4.69, 9.17) is 21.7 Å². The quantitative estimate of drug-likeness (QED) is 0.801. The zero-order chi connectivity index (χ0) is 15.8. The van der Waals surface area contributed by atoms with Crippen LogP contribution in [0.15, 0.2) is 48.5 Å². The van der Waals surface area contributed by atoms with Gasteiger partial charge < -0.3 is 20.1 Å². The first-order valence-corrected chi connectivity index (χ1v) is 7.44. The van der Waals surface area contributed by atoms with Crippen LogP contribution in [-0.2, 0) is 6.42 Å². The summed E-state index contributed by atoms with van der Waals surface area (Å²) in [7, 11) is 3.30. The van der Waals surface area contributed by atoms with Gasteiger partial charge in [0.05, 0.1) is 14.2 Å². The summed E-state index contributed by atoms with van der Waals surface area (Å²) in [6, 6.07) is 15.7. The molecule has 0 aliphatic rings. The Morgan fingerprint density at radius 1 is 1.05 bits per heavy atom. The van der Waals surface area contributed by atoms with E-state index in [-0.39, 0.29) is 0 Å². The van der Waals surface area contributed by atoms with Gasteiger partial charge in [0.2, 0.25) is 0 Å². The highest BCUT2D eigenvalue weighted by molar-refractivity contribution is 7.80. The Bertz CT molecular complexity index is 617. The molecule has 0 amide bonds. The minimum Gasteiger partial charge on any atom is -0.497 e. The largest absolute Gasteiger partial charge is 0.497 e. The van der Waals surface area contributed by atoms with E-state index in [0.29, 0.717) is 5.11 Å². The number of hydrogen-bond donors (Lipinski definition) is 2. The first kappa shape index (κ1) is 16.1. The van der Waals surface area contributed by atoms with Crippen molar-refractivity contribution in [1.82, 2.24) is 5.32 Å². The summed E-state index contributed by atoms with van der Waals surface area (Å²) in [5.41, 5.74) is 2.08. The van der Waals surface area contributed by atoms with E-state index >= 15 is 0 Å². The van der Waals surface area contributed by atoms with Crippen molar-refractivity contribution < 1.29 is 9.47 Å². The predicted molar refractivity (Wildman–Crippen MR) is 93.9 cm³/mol. The molecule has 2 N–H and O–H groups in total. The number of anilines is 1. The maximum absolute atomic E-state index is 5.38. The lowest BCUT2D eigenvalue weighted by Crippen LogP contribution is -2.30. The number of ether oxygens (including phenoxy) is 2. The van der Waals surface area contributed by atoms with Crippen molar-refractivity contribution in [3.8, 4) is 11.5 Å². The van der Waals surface area contributed by atoms with E-state index in [1.165, 1.54) is 0 Å².